The smallest absolute Gasteiger partial charge is 0.306 e. The molecule has 0 bridgehead atoms. The number of unbranched alkanes of at least 4 members (excludes halogenated alkanes) is 8. The Kier molecular flexibility index (Phi) is 14.2. The monoisotopic (exact) mass is 468 g/mol. The third-order valence-electron chi connectivity index (χ3n) is 5.57. The van der Waals surface area contributed by atoms with Crippen LogP contribution in [0.25, 0.3) is 0 Å². The van der Waals surface area contributed by atoms with E-state index in [9.17, 15) is 9.59 Å². The summed E-state index contributed by atoms with van der Waals surface area (Å²) in [5, 5.41) is 0. The summed E-state index contributed by atoms with van der Waals surface area (Å²) in [6.07, 6.45) is 11.4. The number of carbonyl (C=O) groups is 2. The van der Waals surface area contributed by atoms with Gasteiger partial charge in [0.05, 0.1) is 6.61 Å². The molecule has 0 radical (unpaired) electrons. The molecule has 0 atom stereocenters. The number of carbonyl (C=O) groups excluding carboxylic acids is 2. The van der Waals surface area contributed by atoms with E-state index in [1.165, 1.54) is 12.8 Å². The van der Waals surface area contributed by atoms with Crippen molar-refractivity contribution in [2.75, 3.05) is 6.61 Å². The third kappa shape index (κ3) is 13.0. The highest BCUT2D eigenvalue weighted by atomic mass is 16.5. The van der Waals surface area contributed by atoms with Crippen LogP contribution in [0.4, 0.5) is 0 Å². The van der Waals surface area contributed by atoms with Gasteiger partial charge in [-0.3, -0.25) is 9.59 Å². The normalized spacial score (nSPS) is 10.6. The fourth-order valence-corrected chi connectivity index (χ4v) is 3.55. The zero-order chi connectivity index (χ0) is 24.3. The minimum Gasteiger partial charge on any atom is -0.466 e. The molecule has 0 N–H and O–H groups in total. The van der Waals surface area contributed by atoms with E-state index >= 15 is 0 Å². The van der Waals surface area contributed by atoms with Crippen molar-refractivity contribution in [3.05, 3.63) is 60.2 Å². The van der Waals surface area contributed by atoms with Gasteiger partial charge in [0.15, 0.2) is 0 Å². The van der Waals surface area contributed by atoms with Crippen LogP contribution in [-0.4, -0.2) is 18.5 Å². The summed E-state index contributed by atoms with van der Waals surface area (Å²) in [5.74, 6) is 1.31. The Balaban J connectivity index is 1.43. The van der Waals surface area contributed by atoms with Gasteiger partial charge in [-0.2, -0.15) is 0 Å². The Labute approximate surface area is 204 Å². The van der Waals surface area contributed by atoms with Crippen LogP contribution in [0.5, 0.6) is 11.5 Å². The molecular weight excluding hydrogens is 428 g/mol. The molecule has 2 rings (SSSR count). The van der Waals surface area contributed by atoms with E-state index in [0.29, 0.717) is 19.4 Å². The molecule has 0 aromatic heterocycles. The van der Waals surface area contributed by atoms with Gasteiger partial charge in [0, 0.05) is 12.8 Å². The predicted molar refractivity (Wildman–Crippen MR) is 135 cm³/mol. The fraction of sp³-hybridized carbons (Fsp3) is 0.517. The highest BCUT2D eigenvalue weighted by molar-refractivity contribution is 5.69. The van der Waals surface area contributed by atoms with Crippen LogP contribution in [0.15, 0.2) is 54.6 Å². The van der Waals surface area contributed by atoms with Crippen LogP contribution >= 0.6 is 0 Å². The quantitative estimate of drug-likeness (QED) is 0.165. The number of hydrogen-bond acceptors (Lipinski definition) is 5. The summed E-state index contributed by atoms with van der Waals surface area (Å²) in [6.45, 7) is 3.00. The summed E-state index contributed by atoms with van der Waals surface area (Å²) < 4.78 is 16.4. The van der Waals surface area contributed by atoms with Gasteiger partial charge >= 0.3 is 11.9 Å². The maximum atomic E-state index is 12.0. The van der Waals surface area contributed by atoms with Gasteiger partial charge in [0.2, 0.25) is 0 Å². The van der Waals surface area contributed by atoms with Crippen molar-refractivity contribution in [3.63, 3.8) is 0 Å². The fourth-order valence-electron chi connectivity index (χ4n) is 3.55. The summed E-state index contributed by atoms with van der Waals surface area (Å²) in [5.41, 5.74) is 0.938. The first-order valence-electron chi connectivity index (χ1n) is 12.8. The number of hydrogen-bond donors (Lipinski definition) is 0. The lowest BCUT2D eigenvalue weighted by Gasteiger charge is -2.08. The van der Waals surface area contributed by atoms with Crippen molar-refractivity contribution in [1.29, 1.82) is 0 Å². The molecule has 0 unspecified atom stereocenters. The zero-order valence-corrected chi connectivity index (χ0v) is 20.6. The van der Waals surface area contributed by atoms with Gasteiger partial charge in [0.1, 0.15) is 18.1 Å². The topological polar surface area (TPSA) is 61.8 Å². The first-order chi connectivity index (χ1) is 16.7. The first-order valence-corrected chi connectivity index (χ1v) is 12.8. The molecule has 5 nitrogen and oxygen atoms in total. The van der Waals surface area contributed by atoms with Crippen molar-refractivity contribution >= 4 is 11.9 Å². The second-order valence-electron chi connectivity index (χ2n) is 8.62. The van der Waals surface area contributed by atoms with E-state index in [1.807, 2.05) is 54.6 Å². The summed E-state index contributed by atoms with van der Waals surface area (Å²) in [7, 11) is 0. The van der Waals surface area contributed by atoms with Gasteiger partial charge in [-0.1, -0.05) is 82.2 Å². The average Bonchev–Trinajstić information content (AvgIpc) is 2.85. The lowest BCUT2D eigenvalue weighted by Crippen LogP contribution is -2.05. The van der Waals surface area contributed by atoms with Gasteiger partial charge in [0.25, 0.3) is 0 Å². The van der Waals surface area contributed by atoms with Gasteiger partial charge in [-0.15, -0.1) is 0 Å². The van der Waals surface area contributed by atoms with Crippen LogP contribution in [-0.2, 0) is 25.7 Å². The Morgan fingerprint density at radius 2 is 1.18 bits per heavy atom. The van der Waals surface area contributed by atoms with Crippen LogP contribution in [0.3, 0.4) is 0 Å². The SMILES string of the molecule is CCCCCCOC(=O)CCCCCCCCC(=O)OCc1ccc(Oc2ccccc2)cc1. The number of rotatable bonds is 18. The average molecular weight is 469 g/mol. The molecule has 0 aliphatic carbocycles. The number of para-hydroxylation sites is 1. The molecule has 5 heteroatoms. The molecule has 2 aromatic carbocycles. The molecule has 0 spiro atoms. The molecule has 0 aliphatic rings. The van der Waals surface area contributed by atoms with E-state index in [1.54, 1.807) is 0 Å². The Morgan fingerprint density at radius 3 is 1.82 bits per heavy atom. The van der Waals surface area contributed by atoms with Crippen LogP contribution in [0.1, 0.15) is 89.5 Å². The minimum atomic E-state index is -0.161. The van der Waals surface area contributed by atoms with Crippen LogP contribution in [0.2, 0.25) is 0 Å². The predicted octanol–water partition coefficient (Wildman–Crippen LogP) is 7.77. The number of benzene rings is 2. The largest absolute Gasteiger partial charge is 0.466 e. The second-order valence-corrected chi connectivity index (χ2v) is 8.62. The molecule has 0 saturated heterocycles. The molecule has 0 amide bonds. The Hall–Kier alpha value is -2.82. The van der Waals surface area contributed by atoms with E-state index < -0.39 is 0 Å². The highest BCUT2D eigenvalue weighted by Gasteiger charge is 2.05. The molecule has 0 heterocycles. The van der Waals surface area contributed by atoms with E-state index in [2.05, 4.69) is 6.92 Å². The van der Waals surface area contributed by atoms with Crippen molar-refractivity contribution in [3.8, 4) is 11.5 Å². The van der Waals surface area contributed by atoms with E-state index in [4.69, 9.17) is 14.2 Å². The molecule has 0 fully saturated rings. The highest BCUT2D eigenvalue weighted by Crippen LogP contribution is 2.21. The van der Waals surface area contributed by atoms with Crippen molar-refractivity contribution in [2.45, 2.75) is 90.6 Å². The van der Waals surface area contributed by atoms with Crippen molar-refractivity contribution in [2.24, 2.45) is 0 Å². The molecule has 2 aromatic rings. The Morgan fingerprint density at radius 1 is 0.618 bits per heavy atom. The summed E-state index contributed by atoms with van der Waals surface area (Å²) in [4.78, 5) is 23.6. The maximum absolute atomic E-state index is 12.0. The zero-order valence-electron chi connectivity index (χ0n) is 20.6. The van der Waals surface area contributed by atoms with Crippen molar-refractivity contribution in [1.82, 2.24) is 0 Å². The van der Waals surface area contributed by atoms with Crippen LogP contribution in [0, 0.1) is 0 Å². The summed E-state index contributed by atoms with van der Waals surface area (Å²) >= 11 is 0. The molecule has 0 aliphatic heterocycles. The second kappa shape index (κ2) is 17.6. The summed E-state index contributed by atoms with van der Waals surface area (Å²) in [6, 6.07) is 17.2. The van der Waals surface area contributed by atoms with Gasteiger partial charge in [-0.25, -0.2) is 0 Å². The molecular formula is C29H40O5. The van der Waals surface area contributed by atoms with Crippen molar-refractivity contribution < 1.29 is 23.8 Å². The molecule has 186 valence electrons. The van der Waals surface area contributed by atoms with Crippen LogP contribution < -0.4 is 4.74 Å². The van der Waals surface area contributed by atoms with Gasteiger partial charge < -0.3 is 14.2 Å². The van der Waals surface area contributed by atoms with Gasteiger partial charge in [-0.05, 0) is 49.1 Å². The molecule has 34 heavy (non-hydrogen) atoms. The standard InChI is InChI=1S/C29H40O5/c1-2-3-4-14-23-32-28(30)17-12-7-5-6-8-13-18-29(31)33-24-25-19-21-27(22-20-25)34-26-15-10-9-11-16-26/h9-11,15-16,19-22H,2-8,12-14,17-18,23-24H2,1H3. The Bertz CT molecular complexity index is 801. The third-order valence-corrected chi connectivity index (χ3v) is 5.57. The lowest BCUT2D eigenvalue weighted by atomic mass is 10.1. The van der Waals surface area contributed by atoms with E-state index in [-0.39, 0.29) is 18.5 Å². The number of ether oxygens (including phenoxy) is 3. The lowest BCUT2D eigenvalue weighted by molar-refractivity contribution is -0.145. The van der Waals surface area contributed by atoms with E-state index in [0.717, 1.165) is 68.4 Å². The maximum Gasteiger partial charge on any atom is 0.306 e. The molecule has 0 saturated carbocycles. The minimum absolute atomic E-state index is 0.0717. The number of esters is 2. The first kappa shape index (κ1) is 27.4.